The van der Waals surface area contributed by atoms with Gasteiger partial charge in [0.05, 0.1) is 0 Å². The maximum Gasteiger partial charge on any atom is 0.0223 e. The average Bonchev–Trinajstić information content (AvgIpc) is 2.31. The van der Waals surface area contributed by atoms with Crippen molar-refractivity contribution in [1.82, 2.24) is 0 Å². The summed E-state index contributed by atoms with van der Waals surface area (Å²) in [6.07, 6.45) is 16.3. The summed E-state index contributed by atoms with van der Waals surface area (Å²) in [6.45, 7) is 0.863. The van der Waals surface area contributed by atoms with Crippen LogP contribution in [0.2, 0.25) is 0 Å². The fourth-order valence-electron chi connectivity index (χ4n) is 2.01. The second-order valence-corrected chi connectivity index (χ2v) is 5.10. The first-order chi connectivity index (χ1) is 7.91. The molecule has 2 heteroatoms. The molecule has 0 aliphatic carbocycles. The van der Waals surface area contributed by atoms with E-state index >= 15 is 0 Å². The van der Waals surface area contributed by atoms with Crippen molar-refractivity contribution in [1.29, 1.82) is 0 Å². The van der Waals surface area contributed by atoms with Crippen LogP contribution in [0.4, 0.5) is 0 Å². The van der Waals surface area contributed by atoms with Crippen LogP contribution < -0.4 is 5.73 Å². The quantitative estimate of drug-likeness (QED) is 0.365. The number of halogens is 1. The molecule has 2 N–H and O–H groups in total. The van der Waals surface area contributed by atoms with Crippen molar-refractivity contribution in [2.24, 2.45) is 5.73 Å². The summed E-state index contributed by atoms with van der Waals surface area (Å²) in [6, 6.07) is 0. The van der Waals surface area contributed by atoms with Crippen LogP contribution in [0.5, 0.6) is 0 Å². The Hall–Kier alpha value is 0.250. The molecule has 0 bridgehead atoms. The number of alkyl halides is 1. The van der Waals surface area contributed by atoms with E-state index in [0.29, 0.717) is 0 Å². The van der Waals surface area contributed by atoms with Crippen molar-refractivity contribution in [2.45, 2.75) is 77.0 Å². The molecule has 0 aliphatic rings. The molecule has 0 spiro atoms. The zero-order valence-corrected chi connectivity index (χ0v) is 11.6. The predicted molar refractivity (Wildman–Crippen MR) is 75.2 cm³/mol. The monoisotopic (exact) mass is 247 g/mol. The summed E-state index contributed by atoms with van der Waals surface area (Å²) in [5.74, 6) is 0.836. The molecule has 0 amide bonds. The van der Waals surface area contributed by atoms with Gasteiger partial charge in [-0.25, -0.2) is 0 Å². The molecule has 0 radical (unpaired) electrons. The van der Waals surface area contributed by atoms with E-state index in [1.54, 1.807) is 0 Å². The van der Waals surface area contributed by atoms with Crippen LogP contribution in [0, 0.1) is 0 Å². The van der Waals surface area contributed by atoms with Gasteiger partial charge in [0.25, 0.3) is 0 Å². The molecule has 0 heterocycles. The smallest absolute Gasteiger partial charge is 0.0223 e. The van der Waals surface area contributed by atoms with E-state index < -0.39 is 0 Å². The SMILES string of the molecule is NCCCCCCCCCCCCCCCl. The number of nitrogens with two attached hydrogens (primary N) is 1. The maximum atomic E-state index is 5.63. The van der Waals surface area contributed by atoms with Crippen molar-refractivity contribution in [3.8, 4) is 0 Å². The Morgan fingerprint density at radius 1 is 0.500 bits per heavy atom. The molecular formula is C14H30ClN. The van der Waals surface area contributed by atoms with Gasteiger partial charge in [-0.3, -0.25) is 0 Å². The Labute approximate surface area is 107 Å². The second kappa shape index (κ2) is 15.2. The number of hydrogen-bond donors (Lipinski definition) is 1. The van der Waals surface area contributed by atoms with E-state index in [-0.39, 0.29) is 0 Å². The number of rotatable bonds is 13. The van der Waals surface area contributed by atoms with E-state index in [2.05, 4.69) is 0 Å². The van der Waals surface area contributed by atoms with Gasteiger partial charge in [-0.1, -0.05) is 64.2 Å². The Kier molecular flexibility index (Phi) is 15.5. The Morgan fingerprint density at radius 2 is 0.812 bits per heavy atom. The molecule has 0 fully saturated rings. The van der Waals surface area contributed by atoms with Gasteiger partial charge < -0.3 is 5.73 Å². The summed E-state index contributed by atoms with van der Waals surface area (Å²) in [5, 5.41) is 0. The van der Waals surface area contributed by atoms with Crippen LogP contribution in [-0.2, 0) is 0 Å². The standard InChI is InChI=1S/C14H30ClN/c15-13-11-9-7-5-3-1-2-4-6-8-10-12-14-16/h1-14,16H2. The molecule has 98 valence electrons. The lowest BCUT2D eigenvalue weighted by molar-refractivity contribution is 0.545. The van der Waals surface area contributed by atoms with Crippen LogP contribution >= 0.6 is 11.6 Å². The number of unbranched alkanes of at least 4 members (excludes halogenated alkanes) is 11. The van der Waals surface area contributed by atoms with Gasteiger partial charge in [0.15, 0.2) is 0 Å². The minimum Gasteiger partial charge on any atom is -0.330 e. The van der Waals surface area contributed by atoms with Crippen LogP contribution in [-0.4, -0.2) is 12.4 Å². The largest absolute Gasteiger partial charge is 0.330 e. The lowest BCUT2D eigenvalue weighted by Crippen LogP contribution is -1.97. The van der Waals surface area contributed by atoms with E-state index in [4.69, 9.17) is 17.3 Å². The van der Waals surface area contributed by atoms with E-state index in [1.165, 1.54) is 77.0 Å². The van der Waals surface area contributed by atoms with Crippen molar-refractivity contribution in [3.63, 3.8) is 0 Å². The highest BCUT2D eigenvalue weighted by Crippen LogP contribution is 2.11. The van der Waals surface area contributed by atoms with Gasteiger partial charge in [-0.15, -0.1) is 11.6 Å². The molecule has 0 aromatic rings. The molecule has 0 saturated carbocycles. The highest BCUT2D eigenvalue weighted by molar-refractivity contribution is 6.17. The molecule has 0 saturated heterocycles. The molecule has 0 rings (SSSR count). The van der Waals surface area contributed by atoms with Crippen LogP contribution in [0.3, 0.4) is 0 Å². The maximum absolute atomic E-state index is 5.63. The van der Waals surface area contributed by atoms with Crippen LogP contribution in [0.15, 0.2) is 0 Å². The summed E-state index contributed by atoms with van der Waals surface area (Å²) >= 11 is 5.63. The topological polar surface area (TPSA) is 26.0 Å². The van der Waals surface area contributed by atoms with E-state index in [9.17, 15) is 0 Å². The Morgan fingerprint density at radius 3 is 1.12 bits per heavy atom. The zero-order chi connectivity index (χ0) is 11.9. The zero-order valence-electron chi connectivity index (χ0n) is 10.9. The summed E-state index contributed by atoms with van der Waals surface area (Å²) in [4.78, 5) is 0. The molecule has 1 nitrogen and oxygen atoms in total. The highest BCUT2D eigenvalue weighted by Gasteiger charge is 1.93. The lowest BCUT2D eigenvalue weighted by Gasteiger charge is -2.02. The third kappa shape index (κ3) is 14.2. The van der Waals surface area contributed by atoms with E-state index in [1.807, 2.05) is 0 Å². The first-order valence-corrected chi connectivity index (χ1v) is 7.71. The third-order valence-electron chi connectivity index (χ3n) is 3.09. The van der Waals surface area contributed by atoms with Crippen molar-refractivity contribution in [3.05, 3.63) is 0 Å². The highest BCUT2D eigenvalue weighted by atomic mass is 35.5. The van der Waals surface area contributed by atoms with Gasteiger partial charge in [0, 0.05) is 5.88 Å². The van der Waals surface area contributed by atoms with Crippen molar-refractivity contribution >= 4 is 11.6 Å². The van der Waals surface area contributed by atoms with Crippen LogP contribution in [0.1, 0.15) is 77.0 Å². The summed E-state index contributed by atoms with van der Waals surface area (Å²) < 4.78 is 0. The van der Waals surface area contributed by atoms with Gasteiger partial charge in [0.2, 0.25) is 0 Å². The molecule has 0 aliphatic heterocycles. The van der Waals surface area contributed by atoms with Crippen molar-refractivity contribution in [2.75, 3.05) is 12.4 Å². The second-order valence-electron chi connectivity index (χ2n) is 4.72. The first kappa shape index (κ1) is 16.2. The fourth-order valence-corrected chi connectivity index (χ4v) is 2.20. The third-order valence-corrected chi connectivity index (χ3v) is 3.36. The van der Waals surface area contributed by atoms with E-state index in [0.717, 1.165) is 12.4 Å². The first-order valence-electron chi connectivity index (χ1n) is 7.18. The predicted octanol–water partition coefficient (Wildman–Crippen LogP) is 4.87. The van der Waals surface area contributed by atoms with Gasteiger partial charge in [-0.05, 0) is 19.4 Å². The molecule has 0 unspecified atom stereocenters. The van der Waals surface area contributed by atoms with Crippen LogP contribution in [0.25, 0.3) is 0 Å². The molecule has 16 heavy (non-hydrogen) atoms. The molecule has 0 aromatic carbocycles. The normalized spacial score (nSPS) is 10.9. The Bertz CT molecular complexity index is 103. The Balaban J connectivity index is 2.83. The summed E-state index contributed by atoms with van der Waals surface area (Å²) in [7, 11) is 0. The van der Waals surface area contributed by atoms with Crippen molar-refractivity contribution < 1.29 is 0 Å². The fraction of sp³-hybridized carbons (Fsp3) is 1.00. The lowest BCUT2D eigenvalue weighted by atomic mass is 10.1. The minimum absolute atomic E-state index is 0.836. The van der Waals surface area contributed by atoms with Gasteiger partial charge in [0.1, 0.15) is 0 Å². The summed E-state index contributed by atoms with van der Waals surface area (Å²) in [5.41, 5.74) is 5.45. The minimum atomic E-state index is 0.836. The molecular weight excluding hydrogens is 218 g/mol. The molecule has 0 atom stereocenters. The van der Waals surface area contributed by atoms with Gasteiger partial charge in [-0.2, -0.15) is 0 Å². The molecule has 0 aromatic heterocycles. The average molecular weight is 248 g/mol. The van der Waals surface area contributed by atoms with Gasteiger partial charge >= 0.3 is 0 Å². The number of hydrogen-bond acceptors (Lipinski definition) is 1.